The molecule has 1 saturated heterocycles. The molecule has 2 atom stereocenters. The van der Waals surface area contributed by atoms with E-state index >= 15 is 0 Å². The Labute approximate surface area is 106 Å². The molecule has 1 rings (SSSR count). The van der Waals surface area contributed by atoms with E-state index in [1.165, 1.54) is 0 Å². The second-order valence-corrected chi connectivity index (χ2v) is 4.15. The number of morpholine rings is 1. The first-order valence-corrected chi connectivity index (χ1v) is 5.94. The molecule has 0 amide bonds. The second-order valence-electron chi connectivity index (χ2n) is 4.15. The second kappa shape index (κ2) is 8.39. The van der Waals surface area contributed by atoms with Crippen LogP contribution in [0, 0.1) is 0 Å². The van der Waals surface area contributed by atoms with Gasteiger partial charge in [0.05, 0.1) is 39.1 Å². The molecule has 7 heteroatoms. The van der Waals surface area contributed by atoms with Crippen molar-refractivity contribution in [3.05, 3.63) is 0 Å². The summed E-state index contributed by atoms with van der Waals surface area (Å²) in [5.41, 5.74) is 0. The summed E-state index contributed by atoms with van der Waals surface area (Å²) >= 11 is 0. The number of β-amino-alcohol motifs (C(OH)–C–C–N with tert-alkyl or cyclic N) is 1. The van der Waals surface area contributed by atoms with Gasteiger partial charge in [0.2, 0.25) is 0 Å². The molecule has 7 nitrogen and oxygen atoms in total. The van der Waals surface area contributed by atoms with Gasteiger partial charge in [-0.1, -0.05) is 0 Å². The number of hydrogen-bond donors (Lipinski definition) is 2. The highest BCUT2D eigenvalue weighted by molar-refractivity contribution is 5.73. The number of carboxylic acid groups (broad SMARTS) is 1. The van der Waals surface area contributed by atoms with Crippen molar-refractivity contribution < 1.29 is 29.2 Å². The Kier molecular flexibility index (Phi) is 7.14. The number of aliphatic hydroxyl groups is 1. The van der Waals surface area contributed by atoms with Crippen molar-refractivity contribution in [3.63, 3.8) is 0 Å². The van der Waals surface area contributed by atoms with E-state index in [-0.39, 0.29) is 19.8 Å². The summed E-state index contributed by atoms with van der Waals surface area (Å²) in [5, 5.41) is 18.8. The third-order valence-electron chi connectivity index (χ3n) is 2.71. The molecule has 106 valence electrons. The minimum Gasteiger partial charge on any atom is -0.480 e. The zero-order valence-electron chi connectivity index (χ0n) is 10.6. The summed E-state index contributed by atoms with van der Waals surface area (Å²) in [4.78, 5) is 12.7. The summed E-state index contributed by atoms with van der Waals surface area (Å²) in [7, 11) is 1.57. The molecule has 1 fully saturated rings. The Morgan fingerprint density at radius 3 is 3.00 bits per heavy atom. The van der Waals surface area contributed by atoms with Crippen molar-refractivity contribution in [2.24, 2.45) is 0 Å². The van der Waals surface area contributed by atoms with E-state index in [1.807, 2.05) is 0 Å². The van der Waals surface area contributed by atoms with Gasteiger partial charge in [-0.25, -0.2) is 0 Å². The van der Waals surface area contributed by atoms with Gasteiger partial charge in [-0.15, -0.1) is 0 Å². The van der Waals surface area contributed by atoms with Gasteiger partial charge in [-0.05, 0) is 0 Å². The number of methoxy groups -OCH3 is 1. The van der Waals surface area contributed by atoms with Crippen LogP contribution in [0.15, 0.2) is 0 Å². The molecule has 0 radical (unpaired) electrons. The molecule has 1 heterocycles. The van der Waals surface area contributed by atoms with Crippen LogP contribution in [-0.2, 0) is 19.0 Å². The predicted molar refractivity (Wildman–Crippen MR) is 62.5 cm³/mol. The molecule has 2 N–H and O–H groups in total. The fourth-order valence-corrected chi connectivity index (χ4v) is 1.77. The lowest BCUT2D eigenvalue weighted by molar-refractivity contribution is -0.151. The van der Waals surface area contributed by atoms with E-state index in [9.17, 15) is 9.90 Å². The van der Waals surface area contributed by atoms with Crippen LogP contribution in [0.5, 0.6) is 0 Å². The van der Waals surface area contributed by atoms with E-state index in [4.69, 9.17) is 19.3 Å². The number of carboxylic acids is 1. The topological polar surface area (TPSA) is 88.5 Å². The average molecular weight is 263 g/mol. The monoisotopic (exact) mass is 263 g/mol. The lowest BCUT2D eigenvalue weighted by atomic mass is 10.2. The molecule has 2 unspecified atom stereocenters. The van der Waals surface area contributed by atoms with Crippen LogP contribution in [0.1, 0.15) is 0 Å². The highest BCUT2D eigenvalue weighted by atomic mass is 16.5. The Hall–Kier alpha value is -0.730. The average Bonchev–Trinajstić information content (AvgIpc) is 2.35. The number of nitrogens with zero attached hydrogens (tertiary/aromatic N) is 1. The van der Waals surface area contributed by atoms with Crippen LogP contribution in [0.4, 0.5) is 0 Å². The number of rotatable bonds is 8. The molecule has 18 heavy (non-hydrogen) atoms. The van der Waals surface area contributed by atoms with Crippen LogP contribution in [0.25, 0.3) is 0 Å². The Bertz CT molecular complexity index is 250. The van der Waals surface area contributed by atoms with Gasteiger partial charge >= 0.3 is 5.97 Å². The normalized spacial score (nSPS) is 22.9. The van der Waals surface area contributed by atoms with Crippen molar-refractivity contribution in [1.29, 1.82) is 0 Å². The van der Waals surface area contributed by atoms with Crippen LogP contribution in [0.3, 0.4) is 0 Å². The van der Waals surface area contributed by atoms with Crippen LogP contribution in [-0.4, -0.2) is 86.5 Å². The highest BCUT2D eigenvalue weighted by Crippen LogP contribution is 2.08. The zero-order valence-corrected chi connectivity index (χ0v) is 10.6. The summed E-state index contributed by atoms with van der Waals surface area (Å²) in [6, 6.07) is -0.688. The van der Waals surface area contributed by atoms with E-state index in [0.717, 1.165) is 0 Å². The first kappa shape index (κ1) is 15.3. The maximum Gasteiger partial charge on any atom is 0.323 e. The Morgan fingerprint density at radius 2 is 2.33 bits per heavy atom. The maximum absolute atomic E-state index is 11.0. The number of ether oxygens (including phenoxy) is 3. The van der Waals surface area contributed by atoms with Gasteiger partial charge in [-0.2, -0.15) is 0 Å². The van der Waals surface area contributed by atoms with Crippen LogP contribution >= 0.6 is 0 Å². The molecule has 0 spiro atoms. The van der Waals surface area contributed by atoms with Gasteiger partial charge in [0.1, 0.15) is 6.04 Å². The largest absolute Gasteiger partial charge is 0.480 e. The van der Waals surface area contributed by atoms with Crippen molar-refractivity contribution in [1.82, 2.24) is 4.90 Å². The summed E-state index contributed by atoms with van der Waals surface area (Å²) in [6.07, 6.45) is -0.707. The van der Waals surface area contributed by atoms with Gasteiger partial charge in [-0.3, -0.25) is 9.69 Å². The van der Waals surface area contributed by atoms with Gasteiger partial charge in [0.25, 0.3) is 0 Å². The molecule has 0 aromatic heterocycles. The number of aliphatic carboxylic acids is 1. The number of hydrogen-bond acceptors (Lipinski definition) is 6. The molecular weight excluding hydrogens is 242 g/mol. The van der Waals surface area contributed by atoms with Crippen molar-refractivity contribution in [2.75, 3.05) is 53.2 Å². The molecule has 0 aromatic carbocycles. The Morgan fingerprint density at radius 1 is 1.56 bits per heavy atom. The van der Waals surface area contributed by atoms with Gasteiger partial charge in [0.15, 0.2) is 0 Å². The molecule has 0 aliphatic carbocycles. The number of carbonyl (C=O) groups is 1. The number of aliphatic hydroxyl groups excluding tert-OH is 1. The van der Waals surface area contributed by atoms with Gasteiger partial charge in [0, 0.05) is 20.2 Å². The highest BCUT2D eigenvalue weighted by Gasteiger charge is 2.30. The lowest BCUT2D eigenvalue weighted by Crippen LogP contribution is -2.52. The lowest BCUT2D eigenvalue weighted by Gasteiger charge is -2.33. The maximum atomic E-state index is 11.0. The predicted octanol–water partition coefficient (Wildman–Crippen LogP) is -1.20. The zero-order chi connectivity index (χ0) is 13.4. The summed E-state index contributed by atoms with van der Waals surface area (Å²) in [5.74, 6) is -0.929. The molecule has 1 aliphatic rings. The standard InChI is InChI=1S/C11H21NO6/c1-16-4-5-18-7-9(13)6-12-2-3-17-8-10(12)11(14)15/h9-10,13H,2-8H2,1H3,(H,14,15). The Balaban J connectivity index is 2.27. The first-order chi connectivity index (χ1) is 8.65. The van der Waals surface area contributed by atoms with Gasteiger partial charge < -0.3 is 24.4 Å². The van der Waals surface area contributed by atoms with E-state index < -0.39 is 18.1 Å². The summed E-state index contributed by atoms with van der Waals surface area (Å²) < 4.78 is 15.1. The van der Waals surface area contributed by atoms with Crippen molar-refractivity contribution in [3.8, 4) is 0 Å². The molecule has 0 saturated carbocycles. The fraction of sp³-hybridized carbons (Fsp3) is 0.909. The quantitative estimate of drug-likeness (QED) is 0.531. The minimum absolute atomic E-state index is 0.159. The molecule has 0 bridgehead atoms. The van der Waals surface area contributed by atoms with E-state index in [1.54, 1.807) is 12.0 Å². The fourth-order valence-electron chi connectivity index (χ4n) is 1.77. The SMILES string of the molecule is COCCOCC(O)CN1CCOCC1C(=O)O. The van der Waals surface area contributed by atoms with Crippen molar-refractivity contribution in [2.45, 2.75) is 12.1 Å². The summed E-state index contributed by atoms with van der Waals surface area (Å²) in [6.45, 7) is 2.49. The molecular formula is C11H21NO6. The van der Waals surface area contributed by atoms with Crippen molar-refractivity contribution >= 4 is 5.97 Å². The minimum atomic E-state index is -0.929. The van der Waals surface area contributed by atoms with E-state index in [0.29, 0.717) is 26.4 Å². The van der Waals surface area contributed by atoms with Crippen LogP contribution < -0.4 is 0 Å². The molecule has 1 aliphatic heterocycles. The first-order valence-electron chi connectivity index (χ1n) is 5.94. The molecule has 0 aromatic rings. The van der Waals surface area contributed by atoms with Crippen LogP contribution in [0.2, 0.25) is 0 Å². The third kappa shape index (κ3) is 5.28. The smallest absolute Gasteiger partial charge is 0.323 e. The third-order valence-corrected chi connectivity index (χ3v) is 2.71. The van der Waals surface area contributed by atoms with E-state index in [2.05, 4.69) is 0 Å².